The fourth-order valence-electron chi connectivity index (χ4n) is 8.53. The van der Waals surface area contributed by atoms with E-state index >= 15 is 0 Å². The van der Waals surface area contributed by atoms with E-state index in [0.717, 1.165) is 77.6 Å². The molecule has 0 N–H and O–H groups in total. The normalized spacial score (nSPS) is 14.1. The molecule has 0 atom stereocenters. The van der Waals surface area contributed by atoms with Crippen LogP contribution in [0.4, 0.5) is 0 Å². The average molecular weight is 611 g/mol. The molecule has 7 heteroatoms. The van der Waals surface area contributed by atoms with Crippen molar-refractivity contribution in [2.75, 3.05) is 0 Å². The first-order chi connectivity index (χ1) is 22.6. The number of furan rings is 2. The van der Waals surface area contributed by atoms with Crippen molar-refractivity contribution in [1.29, 1.82) is 0 Å². The quantitative estimate of drug-likeness (QED) is 0.164. The lowest BCUT2D eigenvalue weighted by atomic mass is 9.34. The van der Waals surface area contributed by atoms with Crippen LogP contribution in [0.3, 0.4) is 0 Å². The van der Waals surface area contributed by atoms with E-state index in [9.17, 15) is 0 Å². The minimum atomic E-state index is -0.211. The van der Waals surface area contributed by atoms with Crippen molar-refractivity contribution in [1.82, 2.24) is 19.1 Å². The van der Waals surface area contributed by atoms with Gasteiger partial charge >= 0.3 is 0 Å². The summed E-state index contributed by atoms with van der Waals surface area (Å²) in [5.74, 6) is 2.06. The highest BCUT2D eigenvalue weighted by Gasteiger charge is 2.44. The summed E-state index contributed by atoms with van der Waals surface area (Å²) in [6.07, 6.45) is 0. The van der Waals surface area contributed by atoms with Crippen LogP contribution in [0, 0.1) is 0 Å². The van der Waals surface area contributed by atoms with Gasteiger partial charge in [-0.2, -0.15) is 0 Å². The molecule has 0 spiro atoms. The molecule has 0 amide bonds. The zero-order chi connectivity index (χ0) is 31.7. The minimum Gasteiger partial charge on any atom is -0.454 e. The van der Waals surface area contributed by atoms with Crippen LogP contribution in [0.5, 0.6) is 0 Å². The van der Waals surface area contributed by atoms with Crippen LogP contribution in [-0.2, 0) is 10.8 Å². The summed E-state index contributed by atoms with van der Waals surface area (Å²) in [5, 5.41) is 4.44. The van der Waals surface area contributed by atoms with E-state index in [-0.39, 0.29) is 17.5 Å². The molecule has 0 radical (unpaired) electrons. The Balaban J connectivity index is 1.40. The van der Waals surface area contributed by atoms with E-state index < -0.39 is 0 Å². The first-order valence-electron chi connectivity index (χ1n) is 16.5. The van der Waals surface area contributed by atoms with Crippen LogP contribution in [0.15, 0.2) is 87.7 Å². The Morgan fingerprint density at radius 3 is 1.45 bits per heavy atom. The second-order valence-corrected chi connectivity index (χ2v) is 15.5. The lowest BCUT2D eigenvalue weighted by molar-refractivity contribution is 0.538. The van der Waals surface area contributed by atoms with Crippen molar-refractivity contribution in [2.24, 2.45) is 0 Å². The third-order valence-corrected chi connectivity index (χ3v) is 10.4. The fourth-order valence-corrected chi connectivity index (χ4v) is 8.53. The van der Waals surface area contributed by atoms with Gasteiger partial charge in [0.1, 0.15) is 33.8 Å². The molecule has 226 valence electrons. The molecule has 4 aromatic heterocycles. The Bertz CT molecular complexity index is 2690. The molecule has 0 saturated heterocycles. The molecule has 0 fully saturated rings. The van der Waals surface area contributed by atoms with Gasteiger partial charge in [-0.3, -0.25) is 9.13 Å². The summed E-state index contributed by atoms with van der Waals surface area (Å²) in [6.45, 7) is 13.5. The number of benzene rings is 5. The maximum Gasteiger partial charge on any atom is 0.252 e. The predicted molar refractivity (Wildman–Crippen MR) is 192 cm³/mol. The molecular weight excluding hydrogens is 579 g/mol. The largest absolute Gasteiger partial charge is 0.454 e. The van der Waals surface area contributed by atoms with E-state index in [1.807, 2.05) is 12.1 Å². The molecule has 0 unspecified atom stereocenters. The SMILES string of the molecule is CC(C)(C)c1nc2c3oc4ccccc4c3cc3c2n1-c1cccc2c1B3c1cc3c4ccccc4oc3c3nc(C(C)(C)C)n-2c13. The highest BCUT2D eigenvalue weighted by atomic mass is 16.3. The third kappa shape index (κ3) is 2.99. The molecule has 0 bridgehead atoms. The van der Waals surface area contributed by atoms with Gasteiger partial charge in [-0.25, -0.2) is 9.97 Å². The van der Waals surface area contributed by atoms with Crippen LogP contribution in [0.1, 0.15) is 53.2 Å². The van der Waals surface area contributed by atoms with E-state index in [2.05, 4.69) is 117 Å². The molecule has 9 aromatic rings. The molecule has 6 nitrogen and oxygen atoms in total. The molecule has 6 heterocycles. The smallest absolute Gasteiger partial charge is 0.252 e. The van der Waals surface area contributed by atoms with Gasteiger partial charge in [-0.05, 0) is 40.7 Å². The van der Waals surface area contributed by atoms with Crippen LogP contribution in [-0.4, -0.2) is 25.8 Å². The lowest BCUT2D eigenvalue weighted by Crippen LogP contribution is -2.59. The van der Waals surface area contributed by atoms with Gasteiger partial charge in [0.2, 0.25) is 0 Å². The van der Waals surface area contributed by atoms with Gasteiger partial charge in [0.25, 0.3) is 6.71 Å². The minimum absolute atomic E-state index is 0.0311. The van der Waals surface area contributed by atoms with Crippen molar-refractivity contribution in [3.63, 3.8) is 0 Å². The van der Waals surface area contributed by atoms with Crippen LogP contribution in [0.25, 0.3) is 77.3 Å². The summed E-state index contributed by atoms with van der Waals surface area (Å²) < 4.78 is 18.1. The van der Waals surface area contributed by atoms with Gasteiger partial charge in [0.05, 0.1) is 11.0 Å². The zero-order valence-electron chi connectivity index (χ0n) is 27.2. The van der Waals surface area contributed by atoms with Gasteiger partial charge in [-0.1, -0.05) is 96.1 Å². The van der Waals surface area contributed by atoms with E-state index in [0.29, 0.717) is 0 Å². The molecule has 0 aliphatic carbocycles. The number of hydrogen-bond acceptors (Lipinski definition) is 4. The standard InChI is InChI=1S/C40H31BN4O2/c1-39(2,3)37-42-31-33-24(18-22-20-12-7-9-16-28(20)46-35(22)31)41-25-19-23-21-13-8-10-17-29(21)47-36(23)32-34(25)45(38(43-32)40(4,5)6)27-15-11-14-26(30(27)41)44(33)37/h7-19H,1-6H3. The Kier molecular flexibility index (Phi) is 4.39. The van der Waals surface area contributed by atoms with Gasteiger partial charge in [0.15, 0.2) is 11.2 Å². The first kappa shape index (κ1) is 25.8. The Morgan fingerprint density at radius 2 is 1.00 bits per heavy atom. The van der Waals surface area contributed by atoms with Crippen molar-refractivity contribution in [3.05, 3.63) is 90.5 Å². The van der Waals surface area contributed by atoms with Crippen molar-refractivity contribution >= 4 is 89.0 Å². The molecule has 2 aliphatic rings. The van der Waals surface area contributed by atoms with Crippen LogP contribution >= 0.6 is 0 Å². The number of hydrogen-bond donors (Lipinski definition) is 0. The third-order valence-electron chi connectivity index (χ3n) is 10.4. The Hall–Kier alpha value is -5.30. The zero-order valence-corrected chi connectivity index (χ0v) is 27.2. The number of rotatable bonds is 0. The molecule has 11 rings (SSSR count). The Labute approximate surface area is 270 Å². The van der Waals surface area contributed by atoms with E-state index in [1.54, 1.807) is 0 Å². The topological polar surface area (TPSA) is 61.9 Å². The molecule has 47 heavy (non-hydrogen) atoms. The maximum atomic E-state index is 6.61. The molecule has 0 saturated carbocycles. The van der Waals surface area contributed by atoms with Crippen molar-refractivity contribution in [2.45, 2.75) is 52.4 Å². The maximum absolute atomic E-state index is 6.61. The number of nitrogens with zero attached hydrogens (tertiary/aromatic N) is 4. The second-order valence-electron chi connectivity index (χ2n) is 15.5. The number of aromatic nitrogens is 4. The molecule has 5 aromatic carbocycles. The molecule has 2 aliphatic heterocycles. The van der Waals surface area contributed by atoms with Crippen LogP contribution in [0.2, 0.25) is 0 Å². The second kappa shape index (κ2) is 7.97. The predicted octanol–water partition coefficient (Wildman–Crippen LogP) is 7.90. The summed E-state index contributed by atoms with van der Waals surface area (Å²) in [6, 6.07) is 28.2. The summed E-state index contributed by atoms with van der Waals surface area (Å²) in [7, 11) is 0. The van der Waals surface area contributed by atoms with E-state index in [4.69, 9.17) is 18.8 Å². The first-order valence-corrected chi connectivity index (χ1v) is 16.5. The summed E-state index contributed by atoms with van der Waals surface area (Å²) in [4.78, 5) is 10.9. The van der Waals surface area contributed by atoms with Crippen molar-refractivity contribution < 1.29 is 8.83 Å². The van der Waals surface area contributed by atoms with Gasteiger partial charge in [-0.15, -0.1) is 0 Å². The number of imidazole rings is 2. The average Bonchev–Trinajstić information content (AvgIpc) is 3.81. The van der Waals surface area contributed by atoms with Gasteiger partial charge < -0.3 is 8.83 Å². The number of fused-ring (bicyclic) bond motifs is 12. The lowest BCUT2D eigenvalue weighted by Gasteiger charge is -2.35. The monoisotopic (exact) mass is 610 g/mol. The summed E-state index contributed by atoms with van der Waals surface area (Å²) >= 11 is 0. The highest BCUT2D eigenvalue weighted by Crippen LogP contribution is 2.42. The number of para-hydroxylation sites is 2. The fraction of sp³-hybridized carbons (Fsp3) is 0.200. The van der Waals surface area contributed by atoms with Crippen LogP contribution < -0.4 is 16.4 Å². The Morgan fingerprint density at radius 1 is 0.553 bits per heavy atom. The molecular formula is C40H31BN4O2. The van der Waals surface area contributed by atoms with E-state index in [1.165, 1.54) is 27.8 Å². The summed E-state index contributed by atoms with van der Waals surface area (Å²) in [5.41, 5.74) is 13.3. The van der Waals surface area contributed by atoms with Crippen molar-refractivity contribution in [3.8, 4) is 11.4 Å². The van der Waals surface area contributed by atoms with Gasteiger partial charge in [0, 0.05) is 43.7 Å². The highest BCUT2D eigenvalue weighted by molar-refractivity contribution is 7.00.